The van der Waals surface area contributed by atoms with E-state index in [1.807, 2.05) is 24.3 Å². The molecule has 0 bridgehead atoms. The largest absolute Gasteiger partial charge is 0.496 e. The van der Waals surface area contributed by atoms with Crippen molar-refractivity contribution in [2.75, 3.05) is 12.8 Å². The van der Waals surface area contributed by atoms with Crippen LogP contribution in [0.3, 0.4) is 0 Å². The molecule has 0 saturated heterocycles. The van der Waals surface area contributed by atoms with Gasteiger partial charge in [0.2, 0.25) is 0 Å². The molecule has 18 heavy (non-hydrogen) atoms. The van der Waals surface area contributed by atoms with E-state index in [2.05, 4.69) is 4.98 Å². The zero-order valence-electron chi connectivity index (χ0n) is 10.00. The van der Waals surface area contributed by atoms with E-state index in [0.717, 1.165) is 11.3 Å². The zero-order chi connectivity index (χ0) is 13.0. The minimum Gasteiger partial charge on any atom is -0.496 e. The van der Waals surface area contributed by atoms with Crippen LogP contribution in [0.2, 0.25) is 0 Å². The summed E-state index contributed by atoms with van der Waals surface area (Å²) < 4.78 is 17.4. The minimum absolute atomic E-state index is 0.339. The molecule has 1 aromatic heterocycles. The quantitative estimate of drug-likeness (QED) is 0.915. The van der Waals surface area contributed by atoms with Crippen molar-refractivity contribution in [1.29, 1.82) is 0 Å². The zero-order valence-corrected chi connectivity index (χ0v) is 10.8. The van der Waals surface area contributed by atoms with Gasteiger partial charge in [0.1, 0.15) is 10.8 Å². The number of hydrogen-bond acceptors (Lipinski definition) is 4. The molecular formula is C13H14N2O2S. The lowest BCUT2D eigenvalue weighted by Gasteiger charge is -2.08. The van der Waals surface area contributed by atoms with Crippen LogP contribution in [0.25, 0.3) is 0 Å². The first-order chi connectivity index (χ1) is 8.72. The van der Waals surface area contributed by atoms with Crippen LogP contribution in [0.4, 0.5) is 5.69 Å². The second-order valence-corrected chi connectivity index (χ2v) is 5.07. The van der Waals surface area contributed by atoms with Gasteiger partial charge in [-0.3, -0.25) is 4.21 Å². The average Bonchev–Trinajstić information content (AvgIpc) is 2.39. The van der Waals surface area contributed by atoms with Gasteiger partial charge in [0.15, 0.2) is 0 Å². The minimum atomic E-state index is -1.27. The summed E-state index contributed by atoms with van der Waals surface area (Å²) in [5.41, 5.74) is 7.09. The molecular weight excluding hydrogens is 248 g/mol. The second-order valence-electron chi connectivity index (χ2n) is 3.70. The van der Waals surface area contributed by atoms with Crippen LogP contribution in [0.15, 0.2) is 47.6 Å². The van der Waals surface area contributed by atoms with Gasteiger partial charge in [-0.15, -0.1) is 0 Å². The summed E-state index contributed by atoms with van der Waals surface area (Å²) >= 11 is 0. The molecule has 1 aromatic carbocycles. The molecule has 1 heterocycles. The third-order valence-corrected chi connectivity index (χ3v) is 3.84. The monoisotopic (exact) mass is 262 g/mol. The summed E-state index contributed by atoms with van der Waals surface area (Å²) in [7, 11) is 0.320. The third-order valence-electron chi connectivity index (χ3n) is 2.50. The fourth-order valence-corrected chi connectivity index (χ4v) is 2.79. The summed E-state index contributed by atoms with van der Waals surface area (Å²) in [5.74, 6) is 1.06. The topological polar surface area (TPSA) is 65.2 Å². The lowest BCUT2D eigenvalue weighted by atomic mass is 10.2. The molecule has 0 aliphatic rings. The molecule has 1 unspecified atom stereocenters. The summed E-state index contributed by atoms with van der Waals surface area (Å²) in [6.07, 6.45) is 1.59. The molecule has 0 aliphatic heterocycles. The summed E-state index contributed by atoms with van der Waals surface area (Å²) in [4.78, 5) is 4.06. The van der Waals surface area contributed by atoms with Crippen LogP contribution < -0.4 is 10.5 Å². The van der Waals surface area contributed by atoms with E-state index in [1.165, 1.54) is 0 Å². The van der Waals surface area contributed by atoms with Gasteiger partial charge in [-0.1, -0.05) is 18.2 Å². The predicted octanol–water partition coefficient (Wildman–Crippen LogP) is 1.98. The van der Waals surface area contributed by atoms with Gasteiger partial charge in [-0.2, -0.15) is 0 Å². The van der Waals surface area contributed by atoms with Crippen molar-refractivity contribution in [3.63, 3.8) is 0 Å². The normalized spacial score (nSPS) is 12.1. The highest BCUT2D eigenvalue weighted by molar-refractivity contribution is 7.84. The lowest BCUT2D eigenvalue weighted by Crippen LogP contribution is -2.04. The fourth-order valence-electron chi connectivity index (χ4n) is 1.63. The van der Waals surface area contributed by atoms with Crippen molar-refractivity contribution in [3.05, 3.63) is 48.2 Å². The Kier molecular flexibility index (Phi) is 3.94. The summed E-state index contributed by atoms with van der Waals surface area (Å²) in [5, 5.41) is 0.420. The Hall–Kier alpha value is -1.88. The number of hydrogen-bond donors (Lipinski definition) is 1. The van der Waals surface area contributed by atoms with Gasteiger partial charge >= 0.3 is 0 Å². The van der Waals surface area contributed by atoms with Gasteiger partial charge < -0.3 is 10.5 Å². The van der Waals surface area contributed by atoms with Gasteiger partial charge in [0.25, 0.3) is 0 Å². The van der Waals surface area contributed by atoms with Crippen LogP contribution in [-0.4, -0.2) is 16.3 Å². The maximum Gasteiger partial charge on any atom is 0.150 e. The van der Waals surface area contributed by atoms with E-state index in [0.29, 0.717) is 16.5 Å². The molecule has 0 radical (unpaired) electrons. The van der Waals surface area contributed by atoms with E-state index >= 15 is 0 Å². The lowest BCUT2D eigenvalue weighted by molar-refractivity contribution is 0.411. The Morgan fingerprint density at radius 2 is 2.06 bits per heavy atom. The molecule has 0 fully saturated rings. The molecule has 2 rings (SSSR count). The predicted molar refractivity (Wildman–Crippen MR) is 71.8 cm³/mol. The maximum absolute atomic E-state index is 12.2. The Morgan fingerprint density at radius 3 is 2.78 bits per heavy atom. The highest BCUT2D eigenvalue weighted by atomic mass is 32.2. The first kappa shape index (κ1) is 12.6. The Morgan fingerprint density at radius 1 is 1.28 bits per heavy atom. The molecule has 5 heteroatoms. The van der Waals surface area contributed by atoms with Crippen molar-refractivity contribution in [1.82, 2.24) is 4.98 Å². The number of benzene rings is 1. The molecule has 0 spiro atoms. The number of ether oxygens (including phenoxy) is 1. The fraction of sp³-hybridized carbons (Fsp3) is 0.154. The molecule has 0 amide bonds. The maximum atomic E-state index is 12.2. The molecule has 0 aliphatic carbocycles. The van der Waals surface area contributed by atoms with Crippen LogP contribution >= 0.6 is 0 Å². The van der Waals surface area contributed by atoms with Crippen molar-refractivity contribution in [3.8, 4) is 5.75 Å². The Labute approximate surface area is 108 Å². The molecule has 0 saturated carbocycles. The first-order valence-electron chi connectivity index (χ1n) is 5.43. The standard InChI is InChI=1S/C13H14N2O2S/c1-17-12-7-3-2-5-10(12)9-18(16)13-11(14)6-4-8-15-13/h2-8H,9,14H2,1H3. The average molecular weight is 262 g/mol. The first-order valence-corrected chi connectivity index (χ1v) is 6.75. The Balaban J connectivity index is 2.24. The van der Waals surface area contributed by atoms with E-state index in [9.17, 15) is 4.21 Å². The van der Waals surface area contributed by atoms with Crippen LogP contribution in [0.1, 0.15) is 5.56 Å². The smallest absolute Gasteiger partial charge is 0.150 e. The van der Waals surface area contributed by atoms with Crippen molar-refractivity contribution in [2.24, 2.45) is 0 Å². The number of nitrogens with zero attached hydrogens (tertiary/aromatic N) is 1. The number of rotatable bonds is 4. The number of anilines is 1. The molecule has 2 aromatic rings. The summed E-state index contributed by atoms with van der Waals surface area (Å²) in [6.45, 7) is 0. The molecule has 4 nitrogen and oxygen atoms in total. The van der Waals surface area contributed by atoms with E-state index in [1.54, 1.807) is 25.4 Å². The van der Waals surface area contributed by atoms with Gasteiger partial charge in [-0.25, -0.2) is 4.98 Å². The van der Waals surface area contributed by atoms with Crippen molar-refractivity contribution < 1.29 is 8.95 Å². The van der Waals surface area contributed by atoms with Gasteiger partial charge in [0, 0.05) is 11.8 Å². The van der Waals surface area contributed by atoms with Gasteiger partial charge in [-0.05, 0) is 18.2 Å². The number of nitrogens with two attached hydrogens (primary N) is 1. The van der Waals surface area contributed by atoms with E-state index in [4.69, 9.17) is 10.5 Å². The van der Waals surface area contributed by atoms with Crippen molar-refractivity contribution >= 4 is 16.5 Å². The highest BCUT2D eigenvalue weighted by Crippen LogP contribution is 2.22. The van der Waals surface area contributed by atoms with Crippen LogP contribution in [0.5, 0.6) is 5.75 Å². The molecule has 2 N–H and O–H groups in total. The number of para-hydroxylation sites is 1. The second kappa shape index (κ2) is 5.64. The van der Waals surface area contributed by atoms with Crippen LogP contribution in [-0.2, 0) is 16.6 Å². The molecule has 94 valence electrons. The van der Waals surface area contributed by atoms with Crippen LogP contribution in [0, 0.1) is 0 Å². The van der Waals surface area contributed by atoms with E-state index < -0.39 is 10.8 Å². The number of methoxy groups -OCH3 is 1. The number of aromatic nitrogens is 1. The van der Waals surface area contributed by atoms with Crippen molar-refractivity contribution in [2.45, 2.75) is 10.8 Å². The number of nitrogen functional groups attached to an aromatic ring is 1. The SMILES string of the molecule is COc1ccccc1CS(=O)c1ncccc1N. The van der Waals surface area contributed by atoms with E-state index in [-0.39, 0.29) is 0 Å². The number of pyridine rings is 1. The van der Waals surface area contributed by atoms with Gasteiger partial charge in [0.05, 0.1) is 29.3 Å². The Bertz CT molecular complexity index is 572. The molecule has 1 atom stereocenters. The highest BCUT2D eigenvalue weighted by Gasteiger charge is 2.12. The summed E-state index contributed by atoms with van der Waals surface area (Å²) in [6, 6.07) is 10.9. The third kappa shape index (κ3) is 2.68.